The summed E-state index contributed by atoms with van der Waals surface area (Å²) in [5, 5.41) is 0.312. The fourth-order valence-corrected chi connectivity index (χ4v) is 3.23. The molecule has 0 radical (unpaired) electrons. The molecule has 0 aromatic carbocycles. The van der Waals surface area contributed by atoms with Crippen molar-refractivity contribution >= 4 is 21.6 Å². The topological polar surface area (TPSA) is 85.1 Å². The second-order valence-electron chi connectivity index (χ2n) is 4.58. The Morgan fingerprint density at radius 2 is 2.28 bits per heavy atom. The van der Waals surface area contributed by atoms with Crippen molar-refractivity contribution < 1.29 is 8.42 Å². The molecule has 5 nitrogen and oxygen atoms in total. The van der Waals surface area contributed by atoms with E-state index in [1.54, 1.807) is 6.92 Å². The Hall–Kier alpha value is -0.690. The summed E-state index contributed by atoms with van der Waals surface area (Å²) < 4.78 is 26.9. The van der Waals surface area contributed by atoms with E-state index < -0.39 is 10.0 Å². The van der Waals surface area contributed by atoms with Crippen LogP contribution >= 0.6 is 11.6 Å². The van der Waals surface area contributed by atoms with E-state index in [2.05, 4.69) is 9.71 Å². The number of nitrogens with zero attached hydrogens (tertiary/aromatic N) is 1. The number of hydrogen-bond donors (Lipinski definition) is 2. The molecule has 1 aliphatic rings. The lowest BCUT2D eigenvalue weighted by Gasteiger charge is -2.16. The molecule has 1 unspecified atom stereocenters. The van der Waals surface area contributed by atoms with E-state index in [0.29, 0.717) is 23.2 Å². The van der Waals surface area contributed by atoms with Crippen molar-refractivity contribution in [3.63, 3.8) is 0 Å². The van der Waals surface area contributed by atoms with Crippen molar-refractivity contribution in [1.82, 2.24) is 9.71 Å². The summed E-state index contributed by atoms with van der Waals surface area (Å²) in [6.07, 6.45) is 3.32. The van der Waals surface area contributed by atoms with Crippen molar-refractivity contribution in [2.45, 2.75) is 30.7 Å². The predicted octanol–water partition coefficient (Wildman–Crippen LogP) is 1.06. The monoisotopic (exact) mass is 289 g/mol. The standard InChI is InChI=1S/C11H16ClN3O2S/c1-7-4-9(6-14-11(7)12)18(16,17)15-10(5-13)8-2-3-8/h4,6,8,10,15H,2-3,5,13H2,1H3. The van der Waals surface area contributed by atoms with Crippen molar-refractivity contribution in [3.05, 3.63) is 23.0 Å². The number of halogens is 1. The summed E-state index contributed by atoms with van der Waals surface area (Å²) in [5.41, 5.74) is 6.22. The van der Waals surface area contributed by atoms with Gasteiger partial charge in [0.25, 0.3) is 0 Å². The zero-order chi connectivity index (χ0) is 13.3. The first-order valence-electron chi connectivity index (χ1n) is 5.78. The van der Waals surface area contributed by atoms with Crippen LogP contribution < -0.4 is 10.5 Å². The Bertz CT molecular complexity index is 543. The highest BCUT2D eigenvalue weighted by atomic mass is 35.5. The third-order valence-corrected chi connectivity index (χ3v) is 4.90. The van der Waals surface area contributed by atoms with Crippen LogP contribution in [-0.4, -0.2) is 26.0 Å². The number of sulfonamides is 1. The van der Waals surface area contributed by atoms with E-state index >= 15 is 0 Å². The minimum Gasteiger partial charge on any atom is -0.329 e. The van der Waals surface area contributed by atoms with E-state index in [-0.39, 0.29) is 10.9 Å². The molecule has 1 aliphatic carbocycles. The van der Waals surface area contributed by atoms with Gasteiger partial charge in [0.05, 0.1) is 0 Å². The summed E-state index contributed by atoms with van der Waals surface area (Å²) in [5.74, 6) is 0.367. The van der Waals surface area contributed by atoms with Gasteiger partial charge in [-0.3, -0.25) is 0 Å². The van der Waals surface area contributed by atoms with Crippen molar-refractivity contribution in [1.29, 1.82) is 0 Å². The molecule has 0 amide bonds. The van der Waals surface area contributed by atoms with E-state index in [4.69, 9.17) is 17.3 Å². The Morgan fingerprint density at radius 1 is 1.61 bits per heavy atom. The first kappa shape index (κ1) is 13.7. The van der Waals surface area contributed by atoms with Crippen molar-refractivity contribution in [2.75, 3.05) is 6.54 Å². The van der Waals surface area contributed by atoms with E-state index in [0.717, 1.165) is 12.8 Å². The van der Waals surface area contributed by atoms with Crippen LogP contribution in [0.1, 0.15) is 18.4 Å². The molecule has 18 heavy (non-hydrogen) atoms. The average Bonchev–Trinajstić information content (AvgIpc) is 3.13. The Balaban J connectivity index is 2.21. The summed E-state index contributed by atoms with van der Waals surface area (Å²) >= 11 is 5.78. The first-order chi connectivity index (χ1) is 8.44. The van der Waals surface area contributed by atoms with Gasteiger partial charge in [-0.05, 0) is 37.3 Å². The van der Waals surface area contributed by atoms with Gasteiger partial charge in [-0.2, -0.15) is 0 Å². The third kappa shape index (κ3) is 3.00. The van der Waals surface area contributed by atoms with Crippen molar-refractivity contribution in [3.8, 4) is 0 Å². The molecule has 1 saturated carbocycles. The second kappa shape index (κ2) is 5.13. The van der Waals surface area contributed by atoms with Crippen LogP contribution in [0.5, 0.6) is 0 Å². The largest absolute Gasteiger partial charge is 0.329 e. The third-order valence-electron chi connectivity index (χ3n) is 3.05. The first-order valence-corrected chi connectivity index (χ1v) is 7.64. The number of aromatic nitrogens is 1. The van der Waals surface area contributed by atoms with E-state index in [1.165, 1.54) is 12.3 Å². The molecular formula is C11H16ClN3O2S. The Labute approximate surface area is 112 Å². The molecule has 0 spiro atoms. The zero-order valence-corrected chi connectivity index (χ0v) is 11.6. The minimum absolute atomic E-state index is 0.128. The van der Waals surface area contributed by atoms with Gasteiger partial charge in [0.1, 0.15) is 10.0 Å². The van der Waals surface area contributed by atoms with Gasteiger partial charge in [-0.25, -0.2) is 18.1 Å². The molecule has 100 valence electrons. The summed E-state index contributed by atoms with van der Waals surface area (Å²) in [6.45, 7) is 2.03. The second-order valence-corrected chi connectivity index (χ2v) is 6.65. The van der Waals surface area contributed by atoms with Crippen LogP contribution in [0.25, 0.3) is 0 Å². The fraction of sp³-hybridized carbons (Fsp3) is 0.545. The Morgan fingerprint density at radius 3 is 2.78 bits per heavy atom. The van der Waals surface area contributed by atoms with E-state index in [1.807, 2.05) is 0 Å². The molecule has 0 bridgehead atoms. The van der Waals surface area contributed by atoms with Crippen LogP contribution in [-0.2, 0) is 10.0 Å². The SMILES string of the molecule is Cc1cc(S(=O)(=O)NC(CN)C2CC2)cnc1Cl. The summed E-state index contributed by atoms with van der Waals surface area (Å²) in [7, 11) is -3.57. The van der Waals surface area contributed by atoms with Gasteiger partial charge < -0.3 is 5.73 Å². The summed E-state index contributed by atoms with van der Waals surface area (Å²) in [6, 6.07) is 1.32. The number of hydrogen-bond acceptors (Lipinski definition) is 4. The van der Waals surface area contributed by atoms with Crippen LogP contribution in [0.4, 0.5) is 0 Å². The van der Waals surface area contributed by atoms with Gasteiger partial charge in [-0.15, -0.1) is 0 Å². The summed E-state index contributed by atoms with van der Waals surface area (Å²) in [4.78, 5) is 3.98. The zero-order valence-electron chi connectivity index (χ0n) is 10.1. The van der Waals surface area contributed by atoms with E-state index in [9.17, 15) is 8.42 Å². The molecule has 1 aromatic rings. The molecule has 1 heterocycles. The lowest BCUT2D eigenvalue weighted by atomic mass is 10.2. The van der Waals surface area contributed by atoms with Crippen LogP contribution in [0.15, 0.2) is 17.2 Å². The molecule has 1 aromatic heterocycles. The number of pyridine rings is 1. The van der Waals surface area contributed by atoms with Crippen molar-refractivity contribution in [2.24, 2.45) is 11.7 Å². The van der Waals surface area contributed by atoms with Crippen LogP contribution in [0.3, 0.4) is 0 Å². The van der Waals surface area contributed by atoms with Gasteiger partial charge in [0.15, 0.2) is 0 Å². The molecule has 0 saturated heterocycles. The van der Waals surface area contributed by atoms with Gasteiger partial charge in [0, 0.05) is 18.8 Å². The molecule has 1 atom stereocenters. The number of aryl methyl sites for hydroxylation is 1. The molecule has 0 aliphatic heterocycles. The number of rotatable bonds is 5. The molecule has 1 fully saturated rings. The highest BCUT2D eigenvalue weighted by Crippen LogP contribution is 2.32. The van der Waals surface area contributed by atoms with Gasteiger partial charge >= 0.3 is 0 Å². The average molecular weight is 290 g/mol. The highest BCUT2D eigenvalue weighted by Gasteiger charge is 2.33. The molecular weight excluding hydrogens is 274 g/mol. The lowest BCUT2D eigenvalue weighted by molar-refractivity contribution is 0.519. The number of nitrogens with one attached hydrogen (secondary N) is 1. The maximum Gasteiger partial charge on any atom is 0.242 e. The number of nitrogens with two attached hydrogens (primary N) is 1. The highest BCUT2D eigenvalue weighted by molar-refractivity contribution is 7.89. The smallest absolute Gasteiger partial charge is 0.242 e. The normalized spacial score (nSPS) is 17.7. The molecule has 2 rings (SSSR count). The maximum atomic E-state index is 12.1. The lowest BCUT2D eigenvalue weighted by Crippen LogP contribution is -2.41. The van der Waals surface area contributed by atoms with Gasteiger partial charge in [-0.1, -0.05) is 11.6 Å². The minimum atomic E-state index is -3.57. The van der Waals surface area contributed by atoms with Crippen LogP contribution in [0.2, 0.25) is 5.15 Å². The maximum absolute atomic E-state index is 12.1. The quantitative estimate of drug-likeness (QED) is 0.794. The molecule has 3 N–H and O–H groups in total. The Kier molecular flexibility index (Phi) is 3.91. The fourth-order valence-electron chi connectivity index (χ4n) is 1.78. The van der Waals surface area contributed by atoms with Gasteiger partial charge in [0.2, 0.25) is 10.0 Å². The molecule has 7 heteroatoms. The predicted molar refractivity (Wildman–Crippen MR) is 69.9 cm³/mol. The van der Waals surface area contributed by atoms with Crippen LogP contribution in [0, 0.1) is 12.8 Å².